The summed E-state index contributed by atoms with van der Waals surface area (Å²) in [6.45, 7) is 1.04. The van der Waals surface area contributed by atoms with Crippen LogP contribution in [0, 0.1) is 0 Å². The third kappa shape index (κ3) is 2.77. The smallest absolute Gasteiger partial charge is 0.136 e. The van der Waals surface area contributed by atoms with Crippen LogP contribution in [0.15, 0.2) is 22.7 Å². The molecule has 1 N–H and O–H groups in total. The number of nitrogens with one attached hydrogen (secondary N) is 1. The molecule has 0 bridgehead atoms. The molecule has 1 aliphatic rings. The summed E-state index contributed by atoms with van der Waals surface area (Å²) in [7, 11) is 1.73. The molecule has 0 unspecified atom stereocenters. The van der Waals surface area contributed by atoms with Crippen LogP contribution in [-0.4, -0.2) is 19.7 Å². The third-order valence-corrected chi connectivity index (χ3v) is 3.81. The summed E-state index contributed by atoms with van der Waals surface area (Å²) in [5, 5.41) is 3.57. The van der Waals surface area contributed by atoms with E-state index >= 15 is 0 Å². The molecule has 3 heteroatoms. The number of hydrogen-bond acceptors (Lipinski definition) is 2. The van der Waals surface area contributed by atoms with Crippen LogP contribution < -0.4 is 10.1 Å². The highest BCUT2D eigenvalue weighted by Gasteiger charge is 2.16. The van der Waals surface area contributed by atoms with Crippen molar-refractivity contribution in [3.63, 3.8) is 0 Å². The van der Waals surface area contributed by atoms with Gasteiger partial charge in [0, 0.05) is 6.04 Å². The van der Waals surface area contributed by atoms with E-state index in [9.17, 15) is 0 Å². The number of ether oxygens (including phenoxy) is 1. The van der Waals surface area contributed by atoms with E-state index in [1.54, 1.807) is 7.11 Å². The Bertz CT molecular complexity index is 350. The first kappa shape index (κ1) is 11.9. The maximum absolute atomic E-state index is 5.40. The second-order valence-corrected chi connectivity index (χ2v) is 5.12. The van der Waals surface area contributed by atoms with Gasteiger partial charge in [-0.3, -0.25) is 0 Å². The van der Waals surface area contributed by atoms with Gasteiger partial charge in [-0.1, -0.05) is 18.6 Å². The van der Waals surface area contributed by atoms with Crippen LogP contribution in [-0.2, 0) is 6.42 Å². The average Bonchev–Trinajstić information content (AvgIpc) is 2.22. The molecule has 88 valence electrons. The van der Waals surface area contributed by atoms with Crippen LogP contribution in [0.3, 0.4) is 0 Å². The van der Waals surface area contributed by atoms with Gasteiger partial charge in [0.1, 0.15) is 5.75 Å². The topological polar surface area (TPSA) is 21.3 Å². The molecule has 1 fully saturated rings. The molecule has 0 atom stereocenters. The average molecular weight is 284 g/mol. The normalized spacial score (nSPS) is 15.9. The lowest BCUT2D eigenvalue weighted by Crippen LogP contribution is -2.36. The first-order valence-electron chi connectivity index (χ1n) is 5.86. The van der Waals surface area contributed by atoms with E-state index in [4.69, 9.17) is 4.74 Å². The number of benzene rings is 1. The minimum Gasteiger partial charge on any atom is -0.495 e. The van der Waals surface area contributed by atoms with Gasteiger partial charge >= 0.3 is 0 Å². The van der Waals surface area contributed by atoms with Crippen LogP contribution in [0.2, 0.25) is 0 Å². The largest absolute Gasteiger partial charge is 0.495 e. The molecule has 1 saturated carbocycles. The molecule has 2 rings (SSSR count). The van der Waals surface area contributed by atoms with Gasteiger partial charge in [-0.05, 0) is 53.4 Å². The van der Waals surface area contributed by atoms with Gasteiger partial charge in [-0.25, -0.2) is 0 Å². The maximum atomic E-state index is 5.40. The number of para-hydroxylation sites is 1. The number of halogens is 1. The SMILES string of the molecule is COc1c(Br)cccc1CCNC1CCC1. The zero-order valence-electron chi connectivity index (χ0n) is 9.63. The van der Waals surface area contributed by atoms with Crippen molar-refractivity contribution in [1.29, 1.82) is 0 Å². The maximum Gasteiger partial charge on any atom is 0.136 e. The summed E-state index contributed by atoms with van der Waals surface area (Å²) >= 11 is 3.51. The van der Waals surface area contributed by atoms with E-state index in [2.05, 4.69) is 33.4 Å². The molecule has 16 heavy (non-hydrogen) atoms. The van der Waals surface area contributed by atoms with Gasteiger partial charge in [-0.15, -0.1) is 0 Å². The van der Waals surface area contributed by atoms with Crippen molar-refractivity contribution >= 4 is 15.9 Å². The van der Waals surface area contributed by atoms with Crippen LogP contribution in [0.1, 0.15) is 24.8 Å². The van der Waals surface area contributed by atoms with Crippen LogP contribution in [0.25, 0.3) is 0 Å². The third-order valence-electron chi connectivity index (χ3n) is 3.19. The summed E-state index contributed by atoms with van der Waals surface area (Å²) in [6, 6.07) is 6.97. The van der Waals surface area contributed by atoms with Gasteiger partial charge in [0.15, 0.2) is 0 Å². The molecule has 0 aliphatic heterocycles. The summed E-state index contributed by atoms with van der Waals surface area (Å²) in [6.07, 6.45) is 5.10. The highest BCUT2D eigenvalue weighted by molar-refractivity contribution is 9.10. The molecule has 2 nitrogen and oxygen atoms in total. The lowest BCUT2D eigenvalue weighted by Gasteiger charge is -2.26. The highest BCUT2D eigenvalue weighted by atomic mass is 79.9. The standard InChI is InChI=1S/C13H18BrNO/c1-16-13-10(4-2-7-12(13)14)8-9-15-11-5-3-6-11/h2,4,7,11,15H,3,5-6,8-9H2,1H3. The zero-order chi connectivity index (χ0) is 11.4. The molecule has 1 aliphatic carbocycles. The Hall–Kier alpha value is -0.540. The second-order valence-electron chi connectivity index (χ2n) is 4.26. The number of methoxy groups -OCH3 is 1. The van der Waals surface area contributed by atoms with Crippen LogP contribution >= 0.6 is 15.9 Å². The van der Waals surface area contributed by atoms with Gasteiger partial charge in [0.25, 0.3) is 0 Å². The molecular weight excluding hydrogens is 266 g/mol. The zero-order valence-corrected chi connectivity index (χ0v) is 11.2. The van der Waals surface area contributed by atoms with Gasteiger partial charge in [-0.2, -0.15) is 0 Å². The predicted octanol–water partition coefficient (Wildman–Crippen LogP) is 3.14. The fourth-order valence-electron chi connectivity index (χ4n) is 2.00. The Morgan fingerprint density at radius 2 is 2.25 bits per heavy atom. The van der Waals surface area contributed by atoms with Crippen molar-refractivity contribution in [2.75, 3.05) is 13.7 Å². The predicted molar refractivity (Wildman–Crippen MR) is 70.0 cm³/mol. The quantitative estimate of drug-likeness (QED) is 0.897. The monoisotopic (exact) mass is 283 g/mol. The molecule has 1 aromatic carbocycles. The molecule has 0 aromatic heterocycles. The molecule has 0 amide bonds. The van der Waals surface area contributed by atoms with Crippen molar-refractivity contribution in [3.05, 3.63) is 28.2 Å². The summed E-state index contributed by atoms with van der Waals surface area (Å²) in [4.78, 5) is 0. The van der Waals surface area contributed by atoms with Gasteiger partial charge < -0.3 is 10.1 Å². The van der Waals surface area contributed by atoms with Crippen LogP contribution in [0.5, 0.6) is 5.75 Å². The van der Waals surface area contributed by atoms with E-state index in [-0.39, 0.29) is 0 Å². The fourth-order valence-corrected chi connectivity index (χ4v) is 2.57. The van der Waals surface area contributed by atoms with Crippen molar-refractivity contribution < 1.29 is 4.74 Å². The fraction of sp³-hybridized carbons (Fsp3) is 0.538. The Balaban J connectivity index is 1.89. The van der Waals surface area contributed by atoms with E-state index in [1.165, 1.54) is 24.8 Å². The van der Waals surface area contributed by atoms with Gasteiger partial charge in [0.05, 0.1) is 11.6 Å². The molecule has 0 spiro atoms. The minimum atomic E-state index is 0.762. The van der Waals surface area contributed by atoms with Crippen molar-refractivity contribution in [1.82, 2.24) is 5.32 Å². The van der Waals surface area contributed by atoms with Crippen molar-refractivity contribution in [2.24, 2.45) is 0 Å². The second kappa shape index (κ2) is 5.69. The molecule has 1 aromatic rings. The van der Waals surface area contributed by atoms with Crippen molar-refractivity contribution in [3.8, 4) is 5.75 Å². The summed E-state index contributed by atoms with van der Waals surface area (Å²) < 4.78 is 6.44. The Labute approximate surface area is 106 Å². The van der Waals surface area contributed by atoms with Gasteiger partial charge in [0.2, 0.25) is 0 Å². The van der Waals surface area contributed by atoms with E-state index in [0.29, 0.717) is 0 Å². The Kier molecular flexibility index (Phi) is 4.24. The molecule has 0 saturated heterocycles. The van der Waals surface area contributed by atoms with E-state index < -0.39 is 0 Å². The lowest BCUT2D eigenvalue weighted by atomic mass is 9.93. The van der Waals surface area contributed by atoms with E-state index in [1.807, 2.05) is 6.07 Å². The lowest BCUT2D eigenvalue weighted by molar-refractivity contribution is 0.340. The Morgan fingerprint density at radius 3 is 2.88 bits per heavy atom. The minimum absolute atomic E-state index is 0.762. The first-order chi connectivity index (χ1) is 7.81. The molecule has 0 heterocycles. The first-order valence-corrected chi connectivity index (χ1v) is 6.65. The summed E-state index contributed by atoms with van der Waals surface area (Å²) in [5.74, 6) is 0.970. The molecular formula is C13H18BrNO. The van der Waals surface area contributed by atoms with Crippen molar-refractivity contribution in [2.45, 2.75) is 31.7 Å². The molecule has 0 radical (unpaired) electrons. The summed E-state index contributed by atoms with van der Waals surface area (Å²) in [5.41, 5.74) is 1.27. The number of hydrogen-bond donors (Lipinski definition) is 1. The van der Waals surface area contributed by atoms with Crippen LogP contribution in [0.4, 0.5) is 0 Å². The number of rotatable bonds is 5. The van der Waals surface area contributed by atoms with E-state index in [0.717, 1.165) is 29.2 Å². The highest BCUT2D eigenvalue weighted by Crippen LogP contribution is 2.29. The Morgan fingerprint density at radius 1 is 1.44 bits per heavy atom.